The number of hydrogen-bond acceptors (Lipinski definition) is 5. The van der Waals surface area contributed by atoms with Crippen LogP contribution in [0.4, 0.5) is 4.79 Å². The van der Waals surface area contributed by atoms with E-state index in [0.29, 0.717) is 16.0 Å². The first-order valence-electron chi connectivity index (χ1n) is 8.94. The van der Waals surface area contributed by atoms with Gasteiger partial charge in [-0.3, -0.25) is 10.1 Å². The third-order valence-corrected chi connectivity index (χ3v) is 4.74. The topological polar surface area (TPSA) is 97.6 Å². The molecule has 1 aromatic heterocycles. The van der Waals surface area contributed by atoms with Gasteiger partial charge in [-0.25, -0.2) is 9.59 Å². The zero-order chi connectivity index (χ0) is 19.4. The zero-order valence-electron chi connectivity index (χ0n) is 14.9. The molecule has 2 aromatic rings. The third kappa shape index (κ3) is 5.01. The van der Waals surface area contributed by atoms with Crippen LogP contribution in [0.2, 0.25) is 5.02 Å². The molecule has 1 atom stereocenters. The first-order valence-corrected chi connectivity index (χ1v) is 9.31. The number of halogens is 1. The summed E-state index contributed by atoms with van der Waals surface area (Å²) in [4.78, 5) is 36.2. The fourth-order valence-electron chi connectivity index (χ4n) is 3.07. The second-order valence-electron chi connectivity index (χ2n) is 6.64. The lowest BCUT2D eigenvalue weighted by atomic mass is 9.96. The van der Waals surface area contributed by atoms with Gasteiger partial charge in [0, 0.05) is 16.5 Å². The van der Waals surface area contributed by atoms with Gasteiger partial charge in [-0.2, -0.15) is 0 Å². The predicted octanol–water partition coefficient (Wildman–Crippen LogP) is 3.79. The van der Waals surface area contributed by atoms with E-state index in [-0.39, 0.29) is 11.8 Å². The average Bonchev–Trinajstić information content (AvgIpc) is 3.05. The molecule has 0 radical (unpaired) electrons. The van der Waals surface area contributed by atoms with E-state index in [1.807, 2.05) is 0 Å². The van der Waals surface area contributed by atoms with Crippen LogP contribution in [0.25, 0.3) is 11.0 Å². The van der Waals surface area contributed by atoms with Crippen molar-refractivity contribution in [1.82, 2.24) is 10.6 Å². The Labute approximate surface area is 161 Å². The van der Waals surface area contributed by atoms with Crippen molar-refractivity contribution in [3.05, 3.63) is 35.0 Å². The van der Waals surface area contributed by atoms with Crippen molar-refractivity contribution in [3.63, 3.8) is 0 Å². The van der Waals surface area contributed by atoms with Gasteiger partial charge in [-0.15, -0.1) is 0 Å². The Bertz CT molecular complexity index is 857. The molecule has 27 heavy (non-hydrogen) atoms. The monoisotopic (exact) mass is 392 g/mol. The highest BCUT2D eigenvalue weighted by molar-refractivity contribution is 6.31. The van der Waals surface area contributed by atoms with Gasteiger partial charge < -0.3 is 14.5 Å². The zero-order valence-corrected chi connectivity index (χ0v) is 15.7. The molecule has 1 aliphatic carbocycles. The predicted molar refractivity (Wildman–Crippen MR) is 99.6 cm³/mol. The van der Waals surface area contributed by atoms with Crippen molar-refractivity contribution in [2.75, 3.05) is 0 Å². The maximum absolute atomic E-state index is 12.2. The molecular weight excluding hydrogens is 372 g/mol. The highest BCUT2D eigenvalue weighted by Crippen LogP contribution is 2.23. The van der Waals surface area contributed by atoms with Crippen LogP contribution in [0, 0.1) is 0 Å². The largest absolute Gasteiger partial charge is 0.449 e. The van der Waals surface area contributed by atoms with E-state index < -0.39 is 24.0 Å². The molecule has 0 bridgehead atoms. The molecule has 3 rings (SSSR count). The number of ether oxygens (including phenoxy) is 1. The number of benzene rings is 1. The minimum absolute atomic E-state index is 0.0430. The van der Waals surface area contributed by atoms with Crippen molar-refractivity contribution >= 4 is 40.5 Å². The number of esters is 1. The standard InChI is InChI=1S/C19H21ClN2O5/c1-11(17(23)22-19(25)21-14-5-3-2-4-6-14)26-18(24)16-10-12-9-13(20)7-8-15(12)27-16/h7-11,14H,2-6H2,1H3,(H2,21,22,23,25)/t11-/m0/s1. The second kappa shape index (κ2) is 8.43. The van der Waals surface area contributed by atoms with E-state index >= 15 is 0 Å². The van der Waals surface area contributed by atoms with Crippen molar-refractivity contribution in [3.8, 4) is 0 Å². The minimum Gasteiger partial charge on any atom is -0.449 e. The molecule has 8 heteroatoms. The molecule has 1 fully saturated rings. The van der Waals surface area contributed by atoms with Gasteiger partial charge in [0.2, 0.25) is 5.76 Å². The molecule has 3 amide bonds. The number of hydrogen-bond donors (Lipinski definition) is 2. The summed E-state index contributed by atoms with van der Waals surface area (Å²) in [5.74, 6) is -1.54. The number of carbonyl (C=O) groups is 3. The Kier molecular flexibility index (Phi) is 6.01. The van der Waals surface area contributed by atoms with E-state index in [1.165, 1.54) is 19.4 Å². The number of urea groups is 1. The number of fused-ring (bicyclic) bond motifs is 1. The smallest absolute Gasteiger partial charge is 0.375 e. The summed E-state index contributed by atoms with van der Waals surface area (Å²) in [5.41, 5.74) is 0.482. The number of carbonyl (C=O) groups excluding carboxylic acids is 3. The van der Waals surface area contributed by atoms with Crippen molar-refractivity contribution in [2.24, 2.45) is 0 Å². The quantitative estimate of drug-likeness (QED) is 0.771. The van der Waals surface area contributed by atoms with Crippen LogP contribution in [-0.2, 0) is 9.53 Å². The summed E-state index contributed by atoms with van der Waals surface area (Å²) in [6.07, 6.45) is 3.96. The number of rotatable bonds is 4. The summed E-state index contributed by atoms with van der Waals surface area (Å²) >= 11 is 5.90. The minimum atomic E-state index is -1.15. The molecule has 0 spiro atoms. The Morgan fingerprint density at radius 1 is 1.19 bits per heavy atom. The Morgan fingerprint density at radius 3 is 2.67 bits per heavy atom. The van der Waals surface area contributed by atoms with Crippen LogP contribution in [0.3, 0.4) is 0 Å². The van der Waals surface area contributed by atoms with E-state index in [4.69, 9.17) is 20.8 Å². The van der Waals surface area contributed by atoms with Gasteiger partial charge >= 0.3 is 12.0 Å². The molecule has 0 saturated heterocycles. The van der Waals surface area contributed by atoms with Gasteiger partial charge in [0.15, 0.2) is 6.10 Å². The van der Waals surface area contributed by atoms with Gasteiger partial charge in [0.1, 0.15) is 5.58 Å². The van der Waals surface area contributed by atoms with Crippen molar-refractivity contribution in [1.29, 1.82) is 0 Å². The van der Waals surface area contributed by atoms with Crippen LogP contribution >= 0.6 is 11.6 Å². The first kappa shape index (κ1) is 19.2. The molecule has 1 heterocycles. The molecule has 1 saturated carbocycles. The third-order valence-electron chi connectivity index (χ3n) is 4.51. The van der Waals surface area contributed by atoms with Gasteiger partial charge in [0.25, 0.3) is 5.91 Å². The Morgan fingerprint density at radius 2 is 1.93 bits per heavy atom. The Balaban J connectivity index is 1.53. The normalized spacial score (nSPS) is 15.9. The van der Waals surface area contributed by atoms with Crippen molar-refractivity contribution < 1.29 is 23.5 Å². The van der Waals surface area contributed by atoms with Crippen LogP contribution in [0.1, 0.15) is 49.6 Å². The first-order chi connectivity index (χ1) is 12.9. The molecule has 144 valence electrons. The molecule has 1 aromatic carbocycles. The van der Waals surface area contributed by atoms with Crippen LogP contribution < -0.4 is 10.6 Å². The summed E-state index contributed by atoms with van der Waals surface area (Å²) < 4.78 is 10.5. The van der Waals surface area contributed by atoms with E-state index in [2.05, 4.69) is 10.6 Å². The number of furan rings is 1. The highest BCUT2D eigenvalue weighted by atomic mass is 35.5. The molecule has 0 unspecified atom stereocenters. The fourth-order valence-corrected chi connectivity index (χ4v) is 3.25. The van der Waals surface area contributed by atoms with E-state index in [1.54, 1.807) is 18.2 Å². The van der Waals surface area contributed by atoms with Gasteiger partial charge in [-0.1, -0.05) is 30.9 Å². The highest BCUT2D eigenvalue weighted by Gasteiger charge is 2.24. The lowest BCUT2D eigenvalue weighted by molar-refractivity contribution is -0.128. The average molecular weight is 393 g/mol. The summed E-state index contributed by atoms with van der Waals surface area (Å²) in [6.45, 7) is 1.39. The Hall–Kier alpha value is -2.54. The molecule has 1 aliphatic rings. The van der Waals surface area contributed by atoms with Crippen molar-refractivity contribution in [2.45, 2.75) is 51.2 Å². The maximum atomic E-state index is 12.2. The van der Waals surface area contributed by atoms with Crippen LogP contribution in [-0.4, -0.2) is 30.1 Å². The van der Waals surface area contributed by atoms with Gasteiger partial charge in [0.05, 0.1) is 0 Å². The summed E-state index contributed by atoms with van der Waals surface area (Å²) in [6, 6.07) is 5.93. The summed E-state index contributed by atoms with van der Waals surface area (Å²) in [5, 5.41) is 6.14. The van der Waals surface area contributed by atoms with Gasteiger partial charge in [-0.05, 0) is 44.0 Å². The lowest BCUT2D eigenvalue weighted by Gasteiger charge is -2.23. The van der Waals surface area contributed by atoms with E-state index in [9.17, 15) is 14.4 Å². The molecular formula is C19H21ClN2O5. The number of amides is 3. The van der Waals surface area contributed by atoms with Crippen LogP contribution in [0.5, 0.6) is 0 Å². The molecule has 7 nitrogen and oxygen atoms in total. The number of imide groups is 1. The molecule has 0 aliphatic heterocycles. The lowest BCUT2D eigenvalue weighted by Crippen LogP contribution is -2.48. The number of nitrogens with one attached hydrogen (secondary N) is 2. The second-order valence-corrected chi connectivity index (χ2v) is 7.07. The fraction of sp³-hybridized carbons (Fsp3) is 0.421. The van der Waals surface area contributed by atoms with Crippen LogP contribution in [0.15, 0.2) is 28.7 Å². The van der Waals surface area contributed by atoms with E-state index in [0.717, 1.165) is 25.7 Å². The summed E-state index contributed by atoms with van der Waals surface area (Å²) in [7, 11) is 0. The SMILES string of the molecule is C[C@H](OC(=O)c1cc2cc(Cl)ccc2o1)C(=O)NC(=O)NC1CCCCC1. The molecule has 2 N–H and O–H groups in total. The maximum Gasteiger partial charge on any atom is 0.375 e.